The van der Waals surface area contributed by atoms with Gasteiger partial charge in [0.15, 0.2) is 0 Å². The summed E-state index contributed by atoms with van der Waals surface area (Å²) in [5.74, 6) is 0.938. The maximum atomic E-state index is 14.0. The van der Waals surface area contributed by atoms with Gasteiger partial charge in [0.1, 0.15) is 24.3 Å². The summed E-state index contributed by atoms with van der Waals surface area (Å²) in [6, 6.07) is 11.5. The zero-order valence-corrected chi connectivity index (χ0v) is 23.4. The standard InChI is InChI=1S/C28H37N3O5Si/c1-34-22-8-6-19(7-9-22)21-15-25-28(33)31(18-36-12-13-37(3,4)5)24-14-20(10-11-29)26(35-2)16-23(24)27(32)30(25)17-21/h6-9,14-16,25H,10-13,17-18,29H2,1-5H3/t25-/m0/s1. The molecule has 2 aliphatic rings. The Hall–Kier alpha value is -3.14. The highest BCUT2D eigenvalue weighted by Gasteiger charge is 2.42. The van der Waals surface area contributed by atoms with Gasteiger partial charge in [0.25, 0.3) is 11.8 Å². The predicted octanol–water partition coefficient (Wildman–Crippen LogP) is 3.77. The largest absolute Gasteiger partial charge is 0.497 e. The van der Waals surface area contributed by atoms with Crippen LogP contribution in [0.2, 0.25) is 25.7 Å². The molecule has 2 aromatic carbocycles. The number of nitrogens with two attached hydrogens (primary N) is 1. The maximum Gasteiger partial charge on any atom is 0.257 e. The van der Waals surface area contributed by atoms with Gasteiger partial charge in [-0.2, -0.15) is 0 Å². The lowest BCUT2D eigenvalue weighted by Crippen LogP contribution is -2.45. The van der Waals surface area contributed by atoms with Gasteiger partial charge in [-0.15, -0.1) is 0 Å². The van der Waals surface area contributed by atoms with Gasteiger partial charge in [-0.25, -0.2) is 0 Å². The second-order valence-electron chi connectivity index (χ2n) is 10.6. The number of rotatable bonds is 10. The van der Waals surface area contributed by atoms with Gasteiger partial charge in [-0.3, -0.25) is 14.5 Å². The number of hydrogen-bond donors (Lipinski definition) is 1. The SMILES string of the molecule is COc1ccc(C2=C[C@H]3C(=O)N(COCC[Si](C)(C)C)c4cc(CCN)c(OC)cc4C(=O)N3C2)cc1. The number of methoxy groups -OCH3 is 2. The van der Waals surface area contributed by atoms with Crippen molar-refractivity contribution in [3.63, 3.8) is 0 Å². The van der Waals surface area contributed by atoms with Crippen LogP contribution in [0.1, 0.15) is 21.5 Å². The highest BCUT2D eigenvalue weighted by Crippen LogP contribution is 2.38. The predicted molar refractivity (Wildman–Crippen MR) is 148 cm³/mol. The molecule has 8 nitrogen and oxygen atoms in total. The highest BCUT2D eigenvalue weighted by molar-refractivity contribution is 6.76. The van der Waals surface area contributed by atoms with Crippen LogP contribution in [0.4, 0.5) is 5.69 Å². The minimum atomic E-state index is -1.30. The smallest absolute Gasteiger partial charge is 0.257 e. The molecule has 0 aliphatic carbocycles. The first kappa shape index (κ1) is 26.9. The molecule has 2 heterocycles. The van der Waals surface area contributed by atoms with E-state index >= 15 is 0 Å². The average Bonchev–Trinajstić information content (AvgIpc) is 3.30. The van der Waals surface area contributed by atoms with Gasteiger partial charge in [0.05, 0.1) is 25.5 Å². The second-order valence-corrected chi connectivity index (χ2v) is 16.3. The molecule has 0 bridgehead atoms. The Balaban J connectivity index is 1.72. The minimum Gasteiger partial charge on any atom is -0.497 e. The molecule has 0 unspecified atom stereocenters. The summed E-state index contributed by atoms with van der Waals surface area (Å²) in [4.78, 5) is 31.1. The van der Waals surface area contributed by atoms with Crippen molar-refractivity contribution in [3.05, 3.63) is 59.2 Å². The second kappa shape index (κ2) is 11.1. The number of carbonyl (C=O) groups is 2. The van der Waals surface area contributed by atoms with E-state index in [9.17, 15) is 9.59 Å². The van der Waals surface area contributed by atoms with Gasteiger partial charge >= 0.3 is 0 Å². The number of nitrogens with zero attached hydrogens (tertiary/aromatic N) is 2. The van der Waals surface area contributed by atoms with E-state index in [1.807, 2.05) is 36.4 Å². The van der Waals surface area contributed by atoms with Crippen molar-refractivity contribution < 1.29 is 23.8 Å². The fourth-order valence-electron chi connectivity index (χ4n) is 4.66. The molecule has 0 radical (unpaired) electrons. The Kier molecular flexibility index (Phi) is 8.06. The highest BCUT2D eigenvalue weighted by atomic mass is 28.3. The molecule has 0 aromatic heterocycles. The number of anilines is 1. The fourth-order valence-corrected chi connectivity index (χ4v) is 5.41. The van der Waals surface area contributed by atoms with Crippen molar-refractivity contribution in [2.75, 3.05) is 45.5 Å². The van der Waals surface area contributed by atoms with Crippen molar-refractivity contribution in [3.8, 4) is 11.5 Å². The lowest BCUT2D eigenvalue weighted by Gasteiger charge is -2.26. The first-order valence-corrected chi connectivity index (χ1v) is 16.3. The molecule has 2 amide bonds. The maximum absolute atomic E-state index is 14.0. The molecule has 0 saturated carbocycles. The van der Waals surface area contributed by atoms with Crippen LogP contribution in [0.5, 0.6) is 11.5 Å². The fraction of sp³-hybridized carbons (Fsp3) is 0.429. The summed E-state index contributed by atoms with van der Waals surface area (Å²) in [7, 11) is 1.90. The van der Waals surface area contributed by atoms with Crippen molar-refractivity contribution >= 4 is 31.1 Å². The van der Waals surface area contributed by atoms with Crippen LogP contribution in [0.15, 0.2) is 42.5 Å². The van der Waals surface area contributed by atoms with Crippen LogP contribution in [0.3, 0.4) is 0 Å². The zero-order chi connectivity index (χ0) is 26.7. The number of ether oxygens (including phenoxy) is 3. The van der Waals surface area contributed by atoms with Gasteiger partial charge in [0.2, 0.25) is 0 Å². The third kappa shape index (κ3) is 5.74. The Morgan fingerprint density at radius 1 is 1.05 bits per heavy atom. The van der Waals surface area contributed by atoms with Crippen LogP contribution in [0, 0.1) is 0 Å². The van der Waals surface area contributed by atoms with E-state index in [1.54, 1.807) is 30.1 Å². The van der Waals surface area contributed by atoms with Crippen LogP contribution in [0.25, 0.3) is 5.57 Å². The lowest BCUT2D eigenvalue weighted by atomic mass is 10.0. The summed E-state index contributed by atoms with van der Waals surface area (Å²) in [5, 5.41) is 0. The van der Waals surface area contributed by atoms with Gasteiger partial charge in [0, 0.05) is 21.2 Å². The molecule has 2 aliphatic heterocycles. The molecular formula is C28H37N3O5Si. The summed E-state index contributed by atoms with van der Waals surface area (Å²) >= 11 is 0. The first-order chi connectivity index (χ1) is 17.7. The van der Waals surface area contributed by atoms with E-state index in [2.05, 4.69) is 19.6 Å². The van der Waals surface area contributed by atoms with Crippen LogP contribution < -0.4 is 20.1 Å². The molecule has 1 atom stereocenters. The minimum absolute atomic E-state index is 0.0774. The molecule has 0 fully saturated rings. The number of carbonyl (C=O) groups excluding carboxylic acids is 2. The van der Waals surface area contributed by atoms with Crippen LogP contribution in [-0.2, 0) is 16.0 Å². The Morgan fingerprint density at radius 2 is 1.78 bits per heavy atom. The molecule has 0 spiro atoms. The van der Waals surface area contributed by atoms with Crippen molar-refractivity contribution in [2.45, 2.75) is 38.1 Å². The molecule has 0 saturated heterocycles. The molecule has 4 rings (SSSR count). The third-order valence-corrected chi connectivity index (χ3v) is 8.53. The molecule has 2 aromatic rings. The van der Waals surface area contributed by atoms with Crippen LogP contribution >= 0.6 is 0 Å². The number of benzene rings is 2. The normalized spacial score (nSPS) is 17.4. The van der Waals surface area contributed by atoms with Crippen molar-refractivity contribution in [1.82, 2.24) is 4.90 Å². The van der Waals surface area contributed by atoms with E-state index in [0.717, 1.165) is 28.5 Å². The van der Waals surface area contributed by atoms with E-state index < -0.39 is 14.1 Å². The summed E-state index contributed by atoms with van der Waals surface area (Å²) in [6.45, 7) is 8.26. The molecular weight excluding hydrogens is 486 g/mol. The monoisotopic (exact) mass is 523 g/mol. The van der Waals surface area contributed by atoms with E-state index in [-0.39, 0.29) is 18.5 Å². The Bertz CT molecular complexity index is 1190. The lowest BCUT2D eigenvalue weighted by molar-refractivity contribution is -0.122. The summed E-state index contributed by atoms with van der Waals surface area (Å²) in [6.07, 6.45) is 2.46. The summed E-state index contributed by atoms with van der Waals surface area (Å²) < 4.78 is 16.9. The molecule has 2 N–H and O–H groups in total. The number of hydrogen-bond acceptors (Lipinski definition) is 6. The van der Waals surface area contributed by atoms with Gasteiger partial charge in [-0.05, 0) is 66.1 Å². The topological polar surface area (TPSA) is 94.3 Å². The average molecular weight is 524 g/mol. The molecule has 37 heavy (non-hydrogen) atoms. The number of amides is 2. The van der Waals surface area contributed by atoms with Crippen molar-refractivity contribution in [1.29, 1.82) is 0 Å². The van der Waals surface area contributed by atoms with E-state index in [1.165, 1.54) is 0 Å². The van der Waals surface area contributed by atoms with E-state index in [4.69, 9.17) is 19.9 Å². The third-order valence-electron chi connectivity index (χ3n) is 6.83. The molecule has 198 valence electrons. The van der Waals surface area contributed by atoms with E-state index in [0.29, 0.717) is 43.1 Å². The quantitative estimate of drug-likeness (QED) is 0.376. The zero-order valence-electron chi connectivity index (χ0n) is 22.4. The number of fused-ring (bicyclic) bond motifs is 2. The van der Waals surface area contributed by atoms with Gasteiger partial charge < -0.3 is 24.8 Å². The van der Waals surface area contributed by atoms with Crippen molar-refractivity contribution in [2.24, 2.45) is 5.73 Å². The molecule has 9 heteroatoms. The van der Waals surface area contributed by atoms with Crippen LogP contribution in [-0.4, -0.2) is 71.5 Å². The summed E-state index contributed by atoms with van der Waals surface area (Å²) in [5.41, 5.74) is 9.52. The van der Waals surface area contributed by atoms with Gasteiger partial charge in [-0.1, -0.05) is 31.8 Å². The Morgan fingerprint density at radius 3 is 2.41 bits per heavy atom. The first-order valence-electron chi connectivity index (χ1n) is 12.6. The Labute approximate surface area is 220 Å².